The molecule has 0 saturated heterocycles. The van der Waals surface area contributed by atoms with E-state index < -0.39 is 0 Å². The van der Waals surface area contributed by atoms with Gasteiger partial charge in [-0.3, -0.25) is 9.59 Å². The van der Waals surface area contributed by atoms with Crippen LogP contribution in [0.15, 0.2) is 24.3 Å². The SMILES string of the molecule is CCCNC(=O)CNC(=O)COc1ccccc1Cl. The molecule has 0 atom stereocenters. The molecule has 1 rings (SSSR count). The van der Waals surface area contributed by atoms with Gasteiger partial charge in [0.1, 0.15) is 5.75 Å². The first kappa shape index (κ1) is 15.3. The van der Waals surface area contributed by atoms with Crippen molar-refractivity contribution in [3.05, 3.63) is 29.3 Å². The Morgan fingerprint density at radius 1 is 1.21 bits per heavy atom. The zero-order chi connectivity index (χ0) is 14.1. The Balaban J connectivity index is 2.25. The number of benzene rings is 1. The second-order valence-electron chi connectivity index (χ2n) is 3.85. The van der Waals surface area contributed by atoms with Crippen molar-refractivity contribution < 1.29 is 14.3 Å². The molecule has 5 nitrogen and oxygen atoms in total. The van der Waals surface area contributed by atoms with Gasteiger partial charge in [-0.25, -0.2) is 0 Å². The summed E-state index contributed by atoms with van der Waals surface area (Å²) in [5.41, 5.74) is 0. The summed E-state index contributed by atoms with van der Waals surface area (Å²) < 4.78 is 5.24. The topological polar surface area (TPSA) is 67.4 Å². The van der Waals surface area contributed by atoms with Crippen LogP contribution in [-0.4, -0.2) is 31.5 Å². The van der Waals surface area contributed by atoms with Gasteiger partial charge in [0.25, 0.3) is 5.91 Å². The summed E-state index contributed by atoms with van der Waals surface area (Å²) in [6.07, 6.45) is 0.856. The van der Waals surface area contributed by atoms with Gasteiger partial charge < -0.3 is 15.4 Å². The number of amides is 2. The molecule has 19 heavy (non-hydrogen) atoms. The first-order valence-electron chi connectivity index (χ1n) is 6.04. The molecule has 0 heterocycles. The number of halogens is 1. The molecule has 0 spiro atoms. The summed E-state index contributed by atoms with van der Waals surface area (Å²) in [4.78, 5) is 22.7. The van der Waals surface area contributed by atoms with E-state index in [0.717, 1.165) is 6.42 Å². The second-order valence-corrected chi connectivity index (χ2v) is 4.25. The number of rotatable bonds is 7. The minimum absolute atomic E-state index is 0.0509. The normalized spacial score (nSPS) is 9.79. The van der Waals surface area contributed by atoms with Gasteiger partial charge >= 0.3 is 0 Å². The summed E-state index contributed by atoms with van der Waals surface area (Å²) in [6, 6.07) is 6.88. The Morgan fingerprint density at radius 3 is 2.63 bits per heavy atom. The van der Waals surface area contributed by atoms with Crippen LogP contribution < -0.4 is 15.4 Å². The minimum Gasteiger partial charge on any atom is -0.482 e. The summed E-state index contributed by atoms with van der Waals surface area (Å²) in [7, 11) is 0. The molecule has 0 bridgehead atoms. The van der Waals surface area contributed by atoms with E-state index in [0.29, 0.717) is 17.3 Å². The highest BCUT2D eigenvalue weighted by Gasteiger charge is 2.07. The molecule has 0 fully saturated rings. The lowest BCUT2D eigenvalue weighted by Crippen LogP contribution is -2.39. The number of hydrogen-bond acceptors (Lipinski definition) is 3. The van der Waals surface area contributed by atoms with Crippen molar-refractivity contribution in [1.29, 1.82) is 0 Å². The van der Waals surface area contributed by atoms with Gasteiger partial charge in [0.05, 0.1) is 11.6 Å². The summed E-state index contributed by atoms with van der Waals surface area (Å²) in [6.45, 7) is 2.33. The third kappa shape index (κ3) is 6.10. The first-order valence-corrected chi connectivity index (χ1v) is 6.42. The van der Waals surface area contributed by atoms with Crippen LogP contribution in [0, 0.1) is 0 Å². The van der Waals surface area contributed by atoms with E-state index in [-0.39, 0.29) is 25.0 Å². The molecular weight excluding hydrogens is 268 g/mol. The zero-order valence-corrected chi connectivity index (χ0v) is 11.5. The second kappa shape index (κ2) is 8.37. The predicted molar refractivity (Wildman–Crippen MR) is 73.3 cm³/mol. The maximum absolute atomic E-state index is 11.4. The summed E-state index contributed by atoms with van der Waals surface area (Å²) >= 11 is 5.87. The van der Waals surface area contributed by atoms with Crippen LogP contribution in [-0.2, 0) is 9.59 Å². The molecule has 0 unspecified atom stereocenters. The summed E-state index contributed by atoms with van der Waals surface area (Å²) in [5.74, 6) is -0.144. The van der Waals surface area contributed by atoms with Gasteiger partial charge in [-0.15, -0.1) is 0 Å². The number of carbonyl (C=O) groups is 2. The maximum atomic E-state index is 11.4. The van der Waals surface area contributed by atoms with Crippen molar-refractivity contribution in [2.45, 2.75) is 13.3 Å². The largest absolute Gasteiger partial charge is 0.482 e. The van der Waals surface area contributed by atoms with Crippen LogP contribution in [0.25, 0.3) is 0 Å². The number of carbonyl (C=O) groups excluding carboxylic acids is 2. The van der Waals surface area contributed by atoms with Crippen LogP contribution in [0.5, 0.6) is 5.75 Å². The lowest BCUT2D eigenvalue weighted by atomic mass is 10.3. The highest BCUT2D eigenvalue weighted by Crippen LogP contribution is 2.22. The van der Waals surface area contributed by atoms with E-state index in [1.165, 1.54) is 0 Å². The maximum Gasteiger partial charge on any atom is 0.258 e. The van der Waals surface area contributed by atoms with E-state index >= 15 is 0 Å². The zero-order valence-electron chi connectivity index (χ0n) is 10.7. The standard InChI is InChI=1S/C13H17ClN2O3/c1-2-7-15-12(17)8-16-13(18)9-19-11-6-4-3-5-10(11)14/h3-6H,2,7-9H2,1H3,(H,15,17)(H,16,18). The van der Waals surface area contributed by atoms with Crippen molar-refractivity contribution in [3.8, 4) is 5.75 Å². The average molecular weight is 285 g/mol. The quantitative estimate of drug-likeness (QED) is 0.794. The predicted octanol–water partition coefficient (Wildman–Crippen LogP) is 1.36. The highest BCUT2D eigenvalue weighted by molar-refractivity contribution is 6.32. The molecule has 6 heteroatoms. The van der Waals surface area contributed by atoms with Crippen LogP contribution >= 0.6 is 11.6 Å². The van der Waals surface area contributed by atoms with E-state index in [1.54, 1.807) is 24.3 Å². The molecule has 2 amide bonds. The van der Waals surface area contributed by atoms with E-state index in [4.69, 9.17) is 16.3 Å². The molecule has 0 saturated carbocycles. The summed E-state index contributed by atoms with van der Waals surface area (Å²) in [5, 5.41) is 5.56. The van der Waals surface area contributed by atoms with Crippen molar-refractivity contribution in [3.63, 3.8) is 0 Å². The van der Waals surface area contributed by atoms with Gasteiger partial charge in [-0.1, -0.05) is 30.7 Å². The van der Waals surface area contributed by atoms with Gasteiger partial charge in [-0.05, 0) is 18.6 Å². The lowest BCUT2D eigenvalue weighted by Gasteiger charge is -2.08. The number of ether oxygens (including phenoxy) is 1. The molecule has 0 aliphatic heterocycles. The smallest absolute Gasteiger partial charge is 0.258 e. The van der Waals surface area contributed by atoms with Gasteiger partial charge in [0, 0.05) is 6.54 Å². The Morgan fingerprint density at radius 2 is 1.95 bits per heavy atom. The Bertz CT molecular complexity index is 438. The molecule has 104 valence electrons. The van der Waals surface area contributed by atoms with Crippen molar-refractivity contribution in [2.24, 2.45) is 0 Å². The number of hydrogen-bond donors (Lipinski definition) is 2. The third-order valence-corrected chi connectivity index (χ3v) is 2.53. The average Bonchev–Trinajstić information content (AvgIpc) is 2.42. The van der Waals surface area contributed by atoms with Crippen LogP contribution in [0.1, 0.15) is 13.3 Å². The fourth-order valence-electron chi connectivity index (χ4n) is 1.26. The molecular formula is C13H17ClN2O3. The Hall–Kier alpha value is -1.75. The minimum atomic E-state index is -0.369. The van der Waals surface area contributed by atoms with E-state index in [2.05, 4.69) is 10.6 Å². The lowest BCUT2D eigenvalue weighted by molar-refractivity contribution is -0.127. The molecule has 0 aliphatic carbocycles. The van der Waals surface area contributed by atoms with Gasteiger partial charge in [0.15, 0.2) is 6.61 Å². The Labute approximate surface area is 117 Å². The molecule has 0 radical (unpaired) electrons. The van der Waals surface area contributed by atoms with E-state index in [1.807, 2.05) is 6.92 Å². The van der Waals surface area contributed by atoms with Crippen LogP contribution in [0.4, 0.5) is 0 Å². The Kier molecular flexibility index (Phi) is 6.74. The number of para-hydroxylation sites is 1. The van der Waals surface area contributed by atoms with Crippen molar-refractivity contribution in [2.75, 3.05) is 19.7 Å². The fraction of sp³-hybridized carbons (Fsp3) is 0.385. The van der Waals surface area contributed by atoms with Crippen molar-refractivity contribution >= 4 is 23.4 Å². The first-order chi connectivity index (χ1) is 9.13. The van der Waals surface area contributed by atoms with Crippen LogP contribution in [0.2, 0.25) is 5.02 Å². The monoisotopic (exact) mass is 284 g/mol. The molecule has 2 N–H and O–H groups in total. The molecule has 1 aromatic rings. The highest BCUT2D eigenvalue weighted by atomic mass is 35.5. The third-order valence-electron chi connectivity index (χ3n) is 2.21. The van der Waals surface area contributed by atoms with Crippen molar-refractivity contribution in [1.82, 2.24) is 10.6 Å². The fourth-order valence-corrected chi connectivity index (χ4v) is 1.45. The van der Waals surface area contributed by atoms with Gasteiger partial charge in [-0.2, -0.15) is 0 Å². The number of nitrogens with one attached hydrogen (secondary N) is 2. The van der Waals surface area contributed by atoms with Crippen LogP contribution in [0.3, 0.4) is 0 Å². The van der Waals surface area contributed by atoms with E-state index in [9.17, 15) is 9.59 Å². The molecule has 0 aliphatic rings. The molecule has 1 aromatic carbocycles. The molecule has 0 aromatic heterocycles. The van der Waals surface area contributed by atoms with Gasteiger partial charge in [0.2, 0.25) is 5.91 Å².